The third-order valence-electron chi connectivity index (χ3n) is 5.09. The number of hydrogen-bond acceptors (Lipinski definition) is 4. The smallest absolute Gasteiger partial charge is 0.122 e. The molecule has 0 bridgehead atoms. The molecule has 3 aromatic carbocycles. The summed E-state index contributed by atoms with van der Waals surface area (Å²) < 4.78 is 0. The van der Waals surface area contributed by atoms with Gasteiger partial charge >= 0.3 is 0 Å². The van der Waals surface area contributed by atoms with Gasteiger partial charge in [-0.2, -0.15) is 0 Å². The van der Waals surface area contributed by atoms with Crippen LogP contribution in [0, 0.1) is 27.7 Å². The topological polar surface area (TPSA) is 80.9 Å². The molecule has 3 rings (SSSR count). The SMILES string of the molecule is Cc1cc(C)c(O)c(Cc2cc(Cc3cc(C)cc(C)c3O)c(O)cc2O)c1. The van der Waals surface area contributed by atoms with E-state index in [4.69, 9.17) is 0 Å². The first kappa shape index (κ1) is 19.6. The first-order valence-electron chi connectivity index (χ1n) is 9.27. The zero-order chi connectivity index (χ0) is 20.6. The van der Waals surface area contributed by atoms with Crippen molar-refractivity contribution >= 4 is 0 Å². The van der Waals surface area contributed by atoms with Gasteiger partial charge in [0.15, 0.2) is 0 Å². The molecule has 0 fully saturated rings. The number of hydrogen-bond donors (Lipinski definition) is 4. The summed E-state index contributed by atoms with van der Waals surface area (Å²) in [6.45, 7) is 7.61. The van der Waals surface area contributed by atoms with Crippen molar-refractivity contribution in [2.45, 2.75) is 40.5 Å². The minimum absolute atomic E-state index is 0.0237. The number of phenolic OH excluding ortho intramolecular Hbond substituents is 4. The van der Waals surface area contributed by atoms with Crippen LogP contribution in [0.1, 0.15) is 44.5 Å². The molecule has 0 heterocycles. The molecule has 28 heavy (non-hydrogen) atoms. The molecule has 4 nitrogen and oxygen atoms in total. The van der Waals surface area contributed by atoms with E-state index in [-0.39, 0.29) is 23.0 Å². The van der Waals surface area contributed by atoms with Crippen LogP contribution in [0.3, 0.4) is 0 Å². The number of rotatable bonds is 4. The minimum atomic E-state index is -0.0237. The van der Waals surface area contributed by atoms with Crippen molar-refractivity contribution in [3.8, 4) is 23.0 Å². The van der Waals surface area contributed by atoms with Crippen LogP contribution in [-0.4, -0.2) is 20.4 Å². The minimum Gasteiger partial charge on any atom is -0.508 e. The maximum absolute atomic E-state index is 10.4. The summed E-state index contributed by atoms with van der Waals surface area (Å²) in [5, 5.41) is 41.4. The molecule has 0 saturated heterocycles. The van der Waals surface area contributed by atoms with Crippen molar-refractivity contribution in [3.63, 3.8) is 0 Å². The summed E-state index contributed by atoms with van der Waals surface area (Å²) in [5.74, 6) is 0.382. The molecular weight excluding hydrogens is 352 g/mol. The normalized spacial score (nSPS) is 11.0. The quantitative estimate of drug-likeness (QED) is 0.519. The molecule has 146 valence electrons. The lowest BCUT2D eigenvalue weighted by atomic mass is 9.94. The van der Waals surface area contributed by atoms with E-state index in [0.29, 0.717) is 24.0 Å². The highest BCUT2D eigenvalue weighted by atomic mass is 16.3. The van der Waals surface area contributed by atoms with Crippen LogP contribution in [0.15, 0.2) is 36.4 Å². The molecule has 0 aliphatic rings. The molecule has 0 aliphatic carbocycles. The fraction of sp³-hybridized carbons (Fsp3) is 0.250. The van der Waals surface area contributed by atoms with Gasteiger partial charge < -0.3 is 20.4 Å². The van der Waals surface area contributed by atoms with E-state index in [1.165, 1.54) is 6.07 Å². The summed E-state index contributed by atoms with van der Waals surface area (Å²) >= 11 is 0. The van der Waals surface area contributed by atoms with E-state index in [9.17, 15) is 20.4 Å². The van der Waals surface area contributed by atoms with Crippen molar-refractivity contribution < 1.29 is 20.4 Å². The van der Waals surface area contributed by atoms with Gasteiger partial charge in [0.05, 0.1) is 0 Å². The average molecular weight is 378 g/mol. The Hall–Kier alpha value is -3.14. The highest BCUT2D eigenvalue weighted by molar-refractivity contribution is 5.53. The molecule has 0 spiro atoms. The van der Waals surface area contributed by atoms with E-state index in [0.717, 1.165) is 33.4 Å². The van der Waals surface area contributed by atoms with E-state index < -0.39 is 0 Å². The van der Waals surface area contributed by atoms with Crippen molar-refractivity contribution in [1.29, 1.82) is 0 Å². The van der Waals surface area contributed by atoms with Crippen LogP contribution in [-0.2, 0) is 12.8 Å². The van der Waals surface area contributed by atoms with Gasteiger partial charge in [-0.15, -0.1) is 0 Å². The van der Waals surface area contributed by atoms with Gasteiger partial charge in [-0.1, -0.05) is 35.4 Å². The van der Waals surface area contributed by atoms with Crippen LogP contribution in [0.2, 0.25) is 0 Å². The van der Waals surface area contributed by atoms with Gasteiger partial charge in [-0.05, 0) is 67.1 Å². The van der Waals surface area contributed by atoms with Gasteiger partial charge in [-0.25, -0.2) is 0 Å². The Balaban J connectivity index is 2.00. The lowest BCUT2D eigenvalue weighted by Crippen LogP contribution is -1.97. The Morgan fingerprint density at radius 1 is 0.500 bits per heavy atom. The second kappa shape index (κ2) is 7.47. The van der Waals surface area contributed by atoms with Crippen LogP contribution >= 0.6 is 0 Å². The third kappa shape index (κ3) is 3.91. The summed E-state index contributed by atoms with van der Waals surface area (Å²) in [7, 11) is 0. The molecule has 0 radical (unpaired) electrons. The van der Waals surface area contributed by atoms with Gasteiger partial charge in [0.25, 0.3) is 0 Å². The second-order valence-electron chi connectivity index (χ2n) is 7.64. The summed E-state index contributed by atoms with van der Waals surface area (Å²) in [6.07, 6.45) is 0.679. The van der Waals surface area contributed by atoms with Crippen molar-refractivity contribution in [2.24, 2.45) is 0 Å². The highest BCUT2D eigenvalue weighted by Gasteiger charge is 2.15. The number of phenols is 4. The van der Waals surface area contributed by atoms with Crippen molar-refractivity contribution in [1.82, 2.24) is 0 Å². The molecule has 0 amide bonds. The Morgan fingerprint density at radius 2 is 0.893 bits per heavy atom. The zero-order valence-corrected chi connectivity index (χ0v) is 16.7. The van der Waals surface area contributed by atoms with E-state index in [1.54, 1.807) is 6.07 Å². The molecule has 0 saturated carbocycles. The van der Waals surface area contributed by atoms with E-state index >= 15 is 0 Å². The molecule has 0 aromatic heterocycles. The van der Waals surface area contributed by atoms with Crippen molar-refractivity contribution in [3.05, 3.63) is 80.9 Å². The largest absolute Gasteiger partial charge is 0.508 e. The van der Waals surface area contributed by atoms with Crippen molar-refractivity contribution in [2.75, 3.05) is 0 Å². The number of benzene rings is 3. The molecule has 4 N–H and O–H groups in total. The Kier molecular flexibility index (Phi) is 5.23. The number of aromatic hydroxyl groups is 4. The lowest BCUT2D eigenvalue weighted by molar-refractivity contribution is 0.441. The van der Waals surface area contributed by atoms with Gasteiger partial charge in [0, 0.05) is 18.9 Å². The Labute approximate surface area is 165 Å². The van der Waals surface area contributed by atoms with Crippen LogP contribution in [0.25, 0.3) is 0 Å². The van der Waals surface area contributed by atoms with Crippen LogP contribution in [0.4, 0.5) is 0 Å². The molecule has 0 aliphatic heterocycles. The maximum atomic E-state index is 10.4. The van der Waals surface area contributed by atoms with Crippen LogP contribution < -0.4 is 0 Å². The molecule has 0 unspecified atom stereocenters. The fourth-order valence-corrected chi connectivity index (χ4v) is 3.73. The Bertz CT molecular complexity index is 970. The number of aryl methyl sites for hydroxylation is 4. The fourth-order valence-electron chi connectivity index (χ4n) is 3.73. The van der Waals surface area contributed by atoms with E-state index in [2.05, 4.69) is 0 Å². The third-order valence-corrected chi connectivity index (χ3v) is 5.09. The summed E-state index contributed by atoms with van der Waals surface area (Å²) in [4.78, 5) is 0. The second-order valence-corrected chi connectivity index (χ2v) is 7.64. The molecule has 3 aromatic rings. The average Bonchev–Trinajstić information content (AvgIpc) is 2.60. The summed E-state index contributed by atoms with van der Waals surface area (Å²) in [6, 6.07) is 10.7. The molecule has 0 atom stereocenters. The first-order chi connectivity index (χ1) is 13.2. The van der Waals surface area contributed by atoms with E-state index in [1.807, 2.05) is 52.0 Å². The lowest BCUT2D eigenvalue weighted by Gasteiger charge is -2.14. The first-order valence-corrected chi connectivity index (χ1v) is 9.27. The monoisotopic (exact) mass is 378 g/mol. The maximum Gasteiger partial charge on any atom is 0.122 e. The molecular formula is C24H26O4. The van der Waals surface area contributed by atoms with Crippen LogP contribution in [0.5, 0.6) is 23.0 Å². The molecule has 4 heteroatoms. The highest BCUT2D eigenvalue weighted by Crippen LogP contribution is 2.35. The van der Waals surface area contributed by atoms with Gasteiger partial charge in [0.1, 0.15) is 23.0 Å². The predicted octanol–water partition coefficient (Wildman–Crippen LogP) is 4.92. The Morgan fingerprint density at radius 3 is 1.29 bits per heavy atom. The zero-order valence-electron chi connectivity index (χ0n) is 16.7. The predicted molar refractivity (Wildman–Crippen MR) is 111 cm³/mol. The standard InChI is InChI=1S/C24H26O4/c1-13-5-15(3)23(27)19(7-13)10-17-9-18(22(26)12-21(17)25)11-20-8-14(2)6-16(4)24(20)28/h5-9,12,25-28H,10-11H2,1-4H3. The summed E-state index contributed by atoms with van der Waals surface area (Å²) in [5.41, 5.74) is 6.29. The van der Waals surface area contributed by atoms with Gasteiger partial charge in [-0.3, -0.25) is 0 Å². The van der Waals surface area contributed by atoms with Gasteiger partial charge in [0.2, 0.25) is 0 Å².